The highest BCUT2D eigenvalue weighted by Crippen LogP contribution is 2.16. The van der Waals surface area contributed by atoms with Crippen LogP contribution in [0.3, 0.4) is 0 Å². The minimum Gasteiger partial charge on any atom is -0.355 e. The van der Waals surface area contributed by atoms with Gasteiger partial charge < -0.3 is 5.32 Å². The number of amides is 1. The SMILES string of the molecule is CC1CCNC(=O)C1S. The van der Waals surface area contributed by atoms with Gasteiger partial charge in [-0.15, -0.1) is 0 Å². The zero-order valence-electron chi connectivity index (χ0n) is 5.42. The van der Waals surface area contributed by atoms with Crippen LogP contribution in [0.15, 0.2) is 0 Å². The summed E-state index contributed by atoms with van der Waals surface area (Å²) in [6, 6.07) is 0. The van der Waals surface area contributed by atoms with Gasteiger partial charge in [0, 0.05) is 6.54 Å². The third kappa shape index (κ3) is 1.39. The summed E-state index contributed by atoms with van der Waals surface area (Å²) in [4.78, 5) is 10.8. The van der Waals surface area contributed by atoms with E-state index in [-0.39, 0.29) is 11.2 Å². The van der Waals surface area contributed by atoms with Crippen molar-refractivity contribution in [2.75, 3.05) is 6.54 Å². The fourth-order valence-electron chi connectivity index (χ4n) is 0.944. The van der Waals surface area contributed by atoms with E-state index in [1.165, 1.54) is 0 Å². The Balaban J connectivity index is 2.51. The fourth-order valence-corrected chi connectivity index (χ4v) is 1.18. The molecule has 0 radical (unpaired) electrons. The van der Waals surface area contributed by atoms with E-state index < -0.39 is 0 Å². The summed E-state index contributed by atoms with van der Waals surface area (Å²) in [5.74, 6) is 0.513. The Morgan fingerprint density at radius 1 is 1.78 bits per heavy atom. The van der Waals surface area contributed by atoms with E-state index in [1.807, 2.05) is 0 Å². The number of hydrogen-bond acceptors (Lipinski definition) is 2. The third-order valence-corrected chi connectivity index (χ3v) is 2.45. The molecule has 1 rings (SSSR count). The summed E-state index contributed by atoms with van der Waals surface area (Å²) >= 11 is 4.14. The van der Waals surface area contributed by atoms with E-state index in [4.69, 9.17) is 0 Å². The van der Waals surface area contributed by atoms with Gasteiger partial charge in [0.05, 0.1) is 5.25 Å². The van der Waals surface area contributed by atoms with Crippen molar-refractivity contribution in [2.24, 2.45) is 5.92 Å². The molecule has 0 aromatic carbocycles. The molecule has 0 aromatic rings. The van der Waals surface area contributed by atoms with E-state index >= 15 is 0 Å². The average molecular weight is 145 g/mol. The minimum absolute atomic E-state index is 0.0806. The lowest BCUT2D eigenvalue weighted by atomic mass is 10.00. The molecule has 0 saturated carbocycles. The van der Waals surface area contributed by atoms with Crippen molar-refractivity contribution in [1.29, 1.82) is 0 Å². The number of thiol groups is 1. The Morgan fingerprint density at radius 3 is 2.89 bits per heavy atom. The average Bonchev–Trinajstić information content (AvgIpc) is 1.83. The van der Waals surface area contributed by atoms with Crippen molar-refractivity contribution < 1.29 is 4.79 Å². The molecule has 0 aliphatic carbocycles. The molecular formula is C6H11NOS. The van der Waals surface area contributed by atoms with Crippen LogP contribution in [0.25, 0.3) is 0 Å². The van der Waals surface area contributed by atoms with E-state index in [2.05, 4.69) is 24.9 Å². The van der Waals surface area contributed by atoms with Gasteiger partial charge in [-0.25, -0.2) is 0 Å². The largest absolute Gasteiger partial charge is 0.355 e. The molecule has 1 amide bonds. The first-order valence-electron chi connectivity index (χ1n) is 3.17. The predicted molar refractivity (Wildman–Crippen MR) is 39.6 cm³/mol. The van der Waals surface area contributed by atoms with Crippen LogP contribution < -0.4 is 5.32 Å². The highest BCUT2D eigenvalue weighted by Gasteiger charge is 2.24. The first-order valence-corrected chi connectivity index (χ1v) is 3.69. The lowest BCUT2D eigenvalue weighted by Crippen LogP contribution is -2.41. The van der Waals surface area contributed by atoms with Crippen molar-refractivity contribution in [1.82, 2.24) is 5.32 Å². The summed E-state index contributed by atoms with van der Waals surface area (Å²) in [5, 5.41) is 2.66. The van der Waals surface area contributed by atoms with Gasteiger partial charge in [0.2, 0.25) is 5.91 Å². The lowest BCUT2D eigenvalue weighted by molar-refractivity contribution is -0.122. The summed E-state index contributed by atoms with van der Waals surface area (Å²) in [6.45, 7) is 2.87. The second-order valence-corrected chi connectivity index (χ2v) is 3.06. The molecule has 1 saturated heterocycles. The van der Waals surface area contributed by atoms with Gasteiger partial charge in [-0.1, -0.05) is 6.92 Å². The smallest absolute Gasteiger partial charge is 0.233 e. The topological polar surface area (TPSA) is 29.1 Å². The maximum Gasteiger partial charge on any atom is 0.233 e. The van der Waals surface area contributed by atoms with Gasteiger partial charge in [0.25, 0.3) is 0 Å². The van der Waals surface area contributed by atoms with Gasteiger partial charge >= 0.3 is 0 Å². The summed E-state index contributed by atoms with van der Waals surface area (Å²) in [5.41, 5.74) is 0. The van der Waals surface area contributed by atoms with E-state index in [0.29, 0.717) is 5.92 Å². The Morgan fingerprint density at radius 2 is 2.44 bits per heavy atom. The van der Waals surface area contributed by atoms with Crippen molar-refractivity contribution in [3.63, 3.8) is 0 Å². The second-order valence-electron chi connectivity index (χ2n) is 2.50. The molecule has 0 bridgehead atoms. The molecule has 0 aromatic heterocycles. The normalized spacial score (nSPS) is 36.0. The molecular weight excluding hydrogens is 134 g/mol. The monoisotopic (exact) mass is 145 g/mol. The highest BCUT2D eigenvalue weighted by atomic mass is 32.1. The Bertz CT molecular complexity index is 126. The van der Waals surface area contributed by atoms with Gasteiger partial charge in [-0.3, -0.25) is 4.79 Å². The molecule has 2 nitrogen and oxygen atoms in total. The standard InChI is InChI=1S/C6H11NOS/c1-4-2-3-7-6(8)5(4)9/h4-5,9H,2-3H2,1H3,(H,7,8). The molecule has 1 heterocycles. The molecule has 9 heavy (non-hydrogen) atoms. The Hall–Kier alpha value is -0.180. The van der Waals surface area contributed by atoms with Crippen LogP contribution in [0, 0.1) is 5.92 Å². The Kier molecular flexibility index (Phi) is 2.01. The number of carbonyl (C=O) groups is 1. The molecule has 52 valence electrons. The maximum atomic E-state index is 10.8. The lowest BCUT2D eigenvalue weighted by Gasteiger charge is -2.23. The molecule has 1 aliphatic rings. The molecule has 2 unspecified atom stereocenters. The molecule has 3 heteroatoms. The van der Waals surface area contributed by atoms with Crippen molar-refractivity contribution in [3.8, 4) is 0 Å². The molecule has 1 N–H and O–H groups in total. The number of carbonyl (C=O) groups excluding carboxylic acids is 1. The van der Waals surface area contributed by atoms with Crippen LogP contribution in [0.5, 0.6) is 0 Å². The van der Waals surface area contributed by atoms with E-state index in [9.17, 15) is 4.79 Å². The maximum absolute atomic E-state index is 10.8. The summed E-state index contributed by atoms with van der Waals surface area (Å²) < 4.78 is 0. The predicted octanol–water partition coefficient (Wildman–Crippen LogP) is 0.441. The zero-order chi connectivity index (χ0) is 6.85. The van der Waals surface area contributed by atoms with Crippen LogP contribution in [-0.2, 0) is 4.79 Å². The highest BCUT2D eigenvalue weighted by molar-refractivity contribution is 7.81. The molecule has 2 atom stereocenters. The molecule has 1 aliphatic heterocycles. The van der Waals surface area contributed by atoms with Gasteiger partial charge in [-0.2, -0.15) is 12.6 Å². The van der Waals surface area contributed by atoms with E-state index in [1.54, 1.807) is 0 Å². The van der Waals surface area contributed by atoms with Gasteiger partial charge in [0.15, 0.2) is 0 Å². The first-order chi connectivity index (χ1) is 4.22. The zero-order valence-corrected chi connectivity index (χ0v) is 6.32. The third-order valence-electron chi connectivity index (χ3n) is 1.71. The quantitative estimate of drug-likeness (QED) is 0.476. The second kappa shape index (κ2) is 2.60. The number of rotatable bonds is 0. The first kappa shape index (κ1) is 6.93. The summed E-state index contributed by atoms with van der Waals surface area (Å²) in [7, 11) is 0. The fraction of sp³-hybridized carbons (Fsp3) is 0.833. The van der Waals surface area contributed by atoms with Crippen molar-refractivity contribution in [3.05, 3.63) is 0 Å². The number of hydrogen-bond donors (Lipinski definition) is 2. The number of piperidine rings is 1. The van der Waals surface area contributed by atoms with Crippen LogP contribution in [0.2, 0.25) is 0 Å². The van der Waals surface area contributed by atoms with E-state index in [0.717, 1.165) is 13.0 Å². The Labute approximate surface area is 60.4 Å². The van der Waals surface area contributed by atoms with Crippen LogP contribution >= 0.6 is 12.6 Å². The van der Waals surface area contributed by atoms with Gasteiger partial charge in [-0.05, 0) is 12.3 Å². The molecule has 0 spiro atoms. The van der Waals surface area contributed by atoms with Crippen LogP contribution in [0.1, 0.15) is 13.3 Å². The van der Waals surface area contributed by atoms with Gasteiger partial charge in [0.1, 0.15) is 0 Å². The summed E-state index contributed by atoms with van der Waals surface area (Å²) in [6.07, 6.45) is 1.06. The number of nitrogens with one attached hydrogen (secondary N) is 1. The van der Waals surface area contributed by atoms with Crippen LogP contribution in [0.4, 0.5) is 0 Å². The molecule has 1 fully saturated rings. The van der Waals surface area contributed by atoms with Crippen molar-refractivity contribution in [2.45, 2.75) is 18.6 Å². The van der Waals surface area contributed by atoms with Crippen molar-refractivity contribution >= 4 is 18.5 Å². The minimum atomic E-state index is -0.0845. The van der Waals surface area contributed by atoms with Crippen LogP contribution in [-0.4, -0.2) is 17.7 Å².